The van der Waals surface area contributed by atoms with E-state index in [9.17, 15) is 5.11 Å². The fourth-order valence-corrected chi connectivity index (χ4v) is 5.16. The van der Waals surface area contributed by atoms with Gasteiger partial charge in [-0.25, -0.2) is 0 Å². The van der Waals surface area contributed by atoms with Crippen molar-refractivity contribution in [1.82, 2.24) is 5.32 Å². The molecule has 1 fully saturated rings. The van der Waals surface area contributed by atoms with Gasteiger partial charge in [0.1, 0.15) is 11.5 Å². The maximum absolute atomic E-state index is 10.1. The summed E-state index contributed by atoms with van der Waals surface area (Å²) in [6.45, 7) is 6.37. The molecule has 1 saturated carbocycles. The van der Waals surface area contributed by atoms with E-state index in [0.29, 0.717) is 16.8 Å². The third kappa shape index (κ3) is 5.67. The Kier molecular flexibility index (Phi) is 8.50. The molecule has 0 heterocycles. The molecule has 0 radical (unpaired) electrons. The summed E-state index contributed by atoms with van der Waals surface area (Å²) in [6, 6.07) is 14.2. The van der Waals surface area contributed by atoms with Crippen molar-refractivity contribution in [3.63, 3.8) is 0 Å². The third-order valence-electron chi connectivity index (χ3n) is 6.68. The van der Waals surface area contributed by atoms with Crippen LogP contribution >= 0.6 is 11.6 Å². The van der Waals surface area contributed by atoms with Crippen LogP contribution in [0.1, 0.15) is 64.4 Å². The van der Waals surface area contributed by atoms with Crippen LogP contribution in [0.3, 0.4) is 0 Å². The molecule has 0 aromatic heterocycles. The highest BCUT2D eigenvalue weighted by Gasteiger charge is 2.38. The largest absolute Gasteiger partial charge is 0.508 e. The lowest BCUT2D eigenvalue weighted by atomic mass is 9.74. The quantitative estimate of drug-likeness (QED) is 0.410. The van der Waals surface area contributed by atoms with E-state index in [4.69, 9.17) is 16.3 Å². The van der Waals surface area contributed by atoms with Crippen LogP contribution in [0.25, 0.3) is 0 Å². The van der Waals surface area contributed by atoms with Crippen LogP contribution in [0, 0.1) is 0 Å². The maximum atomic E-state index is 10.1. The Bertz CT molecular complexity index is 834. The second kappa shape index (κ2) is 11.1. The van der Waals surface area contributed by atoms with Crippen molar-refractivity contribution in [2.75, 3.05) is 25.1 Å². The molecular weight excluding hydrogens is 408 g/mol. The smallest absolute Gasteiger partial charge is 0.143 e. The van der Waals surface area contributed by atoms with Crippen molar-refractivity contribution in [1.29, 1.82) is 0 Å². The number of ether oxygens (including phenoxy) is 1. The molecule has 3 rings (SSSR count). The molecule has 2 aromatic rings. The minimum absolute atomic E-state index is 0.0769. The van der Waals surface area contributed by atoms with Crippen LogP contribution in [0.15, 0.2) is 42.5 Å². The number of phenolic OH excluding ortho intramolecular Hbond substituents is 1. The van der Waals surface area contributed by atoms with Crippen LogP contribution in [-0.4, -0.2) is 31.3 Å². The molecule has 170 valence electrons. The van der Waals surface area contributed by atoms with E-state index in [1.54, 1.807) is 13.2 Å². The summed E-state index contributed by atoms with van der Waals surface area (Å²) in [5.74, 6) is 1.17. The van der Waals surface area contributed by atoms with Crippen LogP contribution in [-0.2, 0) is 5.54 Å². The number of benzene rings is 2. The lowest BCUT2D eigenvalue weighted by Gasteiger charge is -2.45. The molecule has 2 N–H and O–H groups in total. The van der Waals surface area contributed by atoms with E-state index in [-0.39, 0.29) is 5.54 Å². The van der Waals surface area contributed by atoms with Gasteiger partial charge in [-0.2, -0.15) is 0 Å². The van der Waals surface area contributed by atoms with Crippen molar-refractivity contribution in [2.24, 2.45) is 0 Å². The fourth-order valence-electron chi connectivity index (χ4n) is 4.99. The van der Waals surface area contributed by atoms with Gasteiger partial charge in [-0.3, -0.25) is 0 Å². The van der Waals surface area contributed by atoms with Gasteiger partial charge in [0.2, 0.25) is 0 Å². The highest BCUT2D eigenvalue weighted by Crippen LogP contribution is 2.42. The standard InChI is InChI=1S/C26H37ClN2O2/c1-4-6-7-17-28-26(20-9-8-10-23(30)18-20)15-13-22(14-16-26)29(5-2)24-12-11-21(27)19-25(24)31-3/h8-12,18-19,22,28,30H,4-7,13-17H2,1-3H3. The van der Waals surface area contributed by atoms with E-state index >= 15 is 0 Å². The van der Waals surface area contributed by atoms with Crippen molar-refractivity contribution < 1.29 is 9.84 Å². The second-order valence-corrected chi connectivity index (χ2v) is 9.04. The topological polar surface area (TPSA) is 44.7 Å². The predicted molar refractivity (Wildman–Crippen MR) is 131 cm³/mol. The number of methoxy groups -OCH3 is 1. The summed E-state index contributed by atoms with van der Waals surface area (Å²) in [7, 11) is 1.71. The highest BCUT2D eigenvalue weighted by molar-refractivity contribution is 6.30. The van der Waals surface area contributed by atoms with Crippen molar-refractivity contribution in [3.05, 3.63) is 53.1 Å². The first-order chi connectivity index (χ1) is 15.0. The Morgan fingerprint density at radius 2 is 1.90 bits per heavy atom. The molecule has 0 spiro atoms. The van der Waals surface area contributed by atoms with E-state index in [2.05, 4.69) is 36.2 Å². The van der Waals surface area contributed by atoms with Gasteiger partial charge >= 0.3 is 0 Å². The fraction of sp³-hybridized carbons (Fsp3) is 0.538. The molecule has 0 atom stereocenters. The number of halogens is 1. The molecule has 1 aliphatic carbocycles. The average molecular weight is 445 g/mol. The molecule has 0 aliphatic heterocycles. The van der Waals surface area contributed by atoms with E-state index in [1.165, 1.54) is 24.8 Å². The highest BCUT2D eigenvalue weighted by atomic mass is 35.5. The first kappa shape index (κ1) is 23.7. The van der Waals surface area contributed by atoms with E-state index < -0.39 is 0 Å². The lowest BCUT2D eigenvalue weighted by molar-refractivity contribution is 0.212. The zero-order chi connectivity index (χ0) is 22.3. The number of phenols is 1. The molecule has 0 saturated heterocycles. The molecular formula is C26H37ClN2O2. The van der Waals surface area contributed by atoms with Crippen molar-refractivity contribution in [3.8, 4) is 11.5 Å². The zero-order valence-electron chi connectivity index (χ0n) is 19.2. The third-order valence-corrected chi connectivity index (χ3v) is 6.92. The van der Waals surface area contributed by atoms with Gasteiger partial charge < -0.3 is 20.1 Å². The Hall–Kier alpha value is -1.91. The number of hydrogen-bond acceptors (Lipinski definition) is 4. The molecule has 0 amide bonds. The maximum Gasteiger partial charge on any atom is 0.143 e. The summed E-state index contributed by atoms with van der Waals surface area (Å²) in [4.78, 5) is 2.46. The molecule has 31 heavy (non-hydrogen) atoms. The molecule has 0 unspecified atom stereocenters. The van der Waals surface area contributed by atoms with Crippen LogP contribution in [0.2, 0.25) is 5.02 Å². The van der Waals surface area contributed by atoms with Crippen LogP contribution < -0.4 is 15.0 Å². The first-order valence-corrected chi connectivity index (χ1v) is 12.1. The second-order valence-electron chi connectivity index (χ2n) is 8.60. The van der Waals surface area contributed by atoms with Crippen LogP contribution in [0.5, 0.6) is 11.5 Å². The summed E-state index contributed by atoms with van der Waals surface area (Å²) < 4.78 is 5.63. The summed E-state index contributed by atoms with van der Waals surface area (Å²) in [6.07, 6.45) is 7.89. The molecule has 5 heteroatoms. The number of rotatable bonds is 10. The van der Waals surface area contributed by atoms with Gasteiger partial charge in [0, 0.05) is 29.2 Å². The minimum Gasteiger partial charge on any atom is -0.508 e. The van der Waals surface area contributed by atoms with Gasteiger partial charge in [-0.15, -0.1) is 0 Å². The number of anilines is 1. The monoisotopic (exact) mass is 444 g/mol. The summed E-state index contributed by atoms with van der Waals surface area (Å²) in [5.41, 5.74) is 2.24. The SMILES string of the molecule is CCCCCNC1(c2cccc(O)c2)CCC(N(CC)c2ccc(Cl)cc2OC)CC1. The van der Waals surface area contributed by atoms with Gasteiger partial charge in [-0.05, 0) is 75.4 Å². The average Bonchev–Trinajstić information content (AvgIpc) is 2.79. The number of hydrogen-bond donors (Lipinski definition) is 2. The van der Waals surface area contributed by atoms with E-state index in [1.807, 2.05) is 24.3 Å². The first-order valence-electron chi connectivity index (χ1n) is 11.7. The summed E-state index contributed by atoms with van der Waals surface area (Å²) >= 11 is 6.19. The van der Waals surface area contributed by atoms with Gasteiger partial charge in [0.15, 0.2) is 0 Å². The zero-order valence-corrected chi connectivity index (χ0v) is 19.9. The number of aromatic hydroxyl groups is 1. The normalized spacial score (nSPS) is 21.1. The molecule has 4 nitrogen and oxygen atoms in total. The molecule has 1 aliphatic rings. The number of nitrogens with zero attached hydrogens (tertiary/aromatic N) is 1. The number of nitrogens with one attached hydrogen (secondary N) is 1. The Labute approximate surface area is 192 Å². The van der Waals surface area contributed by atoms with Crippen molar-refractivity contribution >= 4 is 17.3 Å². The lowest BCUT2D eigenvalue weighted by Crippen LogP contribution is -2.49. The summed E-state index contributed by atoms with van der Waals surface area (Å²) in [5, 5.41) is 14.7. The Morgan fingerprint density at radius 1 is 1.13 bits per heavy atom. The van der Waals surface area contributed by atoms with Gasteiger partial charge in [-0.1, -0.05) is 43.5 Å². The minimum atomic E-state index is -0.0769. The van der Waals surface area contributed by atoms with Crippen molar-refractivity contribution in [2.45, 2.75) is 70.4 Å². The predicted octanol–water partition coefficient (Wildman–Crippen LogP) is 6.50. The van der Waals surface area contributed by atoms with E-state index in [0.717, 1.165) is 50.2 Å². The van der Waals surface area contributed by atoms with Gasteiger partial charge in [0.25, 0.3) is 0 Å². The Balaban J connectivity index is 1.79. The number of unbranched alkanes of at least 4 members (excludes halogenated alkanes) is 2. The molecule has 0 bridgehead atoms. The van der Waals surface area contributed by atoms with Gasteiger partial charge in [0.05, 0.1) is 12.8 Å². The van der Waals surface area contributed by atoms with Crippen LogP contribution in [0.4, 0.5) is 5.69 Å². The Morgan fingerprint density at radius 3 is 2.55 bits per heavy atom. The molecule has 2 aromatic carbocycles.